The maximum Gasteiger partial charge on any atom is 0.233 e. The van der Waals surface area contributed by atoms with E-state index >= 15 is 0 Å². The van der Waals surface area contributed by atoms with Crippen LogP contribution in [0.3, 0.4) is 0 Å². The molecule has 212 valence electrons. The lowest BCUT2D eigenvalue weighted by molar-refractivity contribution is 0.481. The highest BCUT2D eigenvalue weighted by Crippen LogP contribution is 2.48. The largest absolute Gasteiger partial charge is 0.505 e. The lowest BCUT2D eigenvalue weighted by Gasteiger charge is -2.12. The molecule has 5 rings (SSSR count). The lowest BCUT2D eigenvalue weighted by Crippen LogP contribution is -2.03. The van der Waals surface area contributed by atoms with Gasteiger partial charge in [0.15, 0.2) is 5.75 Å². The minimum absolute atomic E-state index is 0.0384. The average molecular weight is 671 g/mol. The van der Waals surface area contributed by atoms with E-state index in [1.165, 1.54) is 0 Å². The van der Waals surface area contributed by atoms with E-state index in [9.17, 15) is 5.11 Å². The Morgan fingerprint density at radius 2 is 1.33 bits per heavy atom. The van der Waals surface area contributed by atoms with Gasteiger partial charge < -0.3 is 21.9 Å². The normalized spacial score (nSPS) is 11.7. The summed E-state index contributed by atoms with van der Waals surface area (Å²) in [6.07, 6.45) is 0. The highest BCUT2D eigenvalue weighted by atomic mass is 35.5. The number of fused-ring (bicyclic) bond motifs is 1. The molecule has 0 saturated carbocycles. The zero-order valence-corrected chi connectivity index (χ0v) is 26.2. The molecule has 0 aliphatic heterocycles. The van der Waals surface area contributed by atoms with Crippen LogP contribution in [-0.4, -0.2) is 20.1 Å². The van der Waals surface area contributed by atoms with Crippen LogP contribution in [0.4, 0.5) is 46.0 Å². The summed E-state index contributed by atoms with van der Waals surface area (Å²) in [6.45, 7) is 0. The molecule has 1 heterocycles. The number of thiol groups is 5. The third-order valence-electron chi connectivity index (χ3n) is 5.68. The molecule has 0 unspecified atom stereocenters. The standard InChI is InChI=1S/C25H19ClN10OS5/c26-23-30-24(28)32-25(31-23)29-10-1-3-14(39)12(7-10)33-36-21-17(42)6-9-5-16(41)20(19(27)18(9)22(21)37)35-34-13-8-11(38)2-4-15(13)40/h1-8,37-42H,27H2,(H3,28,29,30,31,32). The monoisotopic (exact) mass is 670 g/mol. The minimum atomic E-state index is -0.249. The molecule has 0 aliphatic rings. The highest BCUT2D eigenvalue weighted by molar-refractivity contribution is 7.81. The van der Waals surface area contributed by atoms with Crippen LogP contribution in [0.5, 0.6) is 5.75 Å². The van der Waals surface area contributed by atoms with Gasteiger partial charge in [-0.15, -0.1) is 83.6 Å². The van der Waals surface area contributed by atoms with Crippen LogP contribution >= 0.6 is 74.7 Å². The van der Waals surface area contributed by atoms with Crippen molar-refractivity contribution in [1.29, 1.82) is 0 Å². The summed E-state index contributed by atoms with van der Waals surface area (Å²) in [6, 6.07) is 13.7. The van der Waals surface area contributed by atoms with Crippen molar-refractivity contribution in [2.24, 2.45) is 20.5 Å². The van der Waals surface area contributed by atoms with E-state index in [-0.39, 0.29) is 45.4 Å². The number of rotatable bonds is 6. The van der Waals surface area contributed by atoms with Crippen LogP contribution in [-0.2, 0) is 0 Å². The second kappa shape index (κ2) is 12.4. The zero-order chi connectivity index (χ0) is 30.1. The van der Waals surface area contributed by atoms with E-state index in [2.05, 4.69) is 104 Å². The number of azo groups is 2. The maximum atomic E-state index is 11.3. The molecule has 0 bridgehead atoms. The predicted molar refractivity (Wildman–Crippen MR) is 180 cm³/mol. The van der Waals surface area contributed by atoms with Crippen molar-refractivity contribution in [2.75, 3.05) is 16.8 Å². The average Bonchev–Trinajstić information content (AvgIpc) is 2.91. The Labute approximate surface area is 271 Å². The molecule has 6 N–H and O–H groups in total. The van der Waals surface area contributed by atoms with Gasteiger partial charge in [0.1, 0.15) is 22.7 Å². The molecular weight excluding hydrogens is 652 g/mol. The summed E-state index contributed by atoms with van der Waals surface area (Å²) in [7, 11) is 0. The number of halogens is 1. The fourth-order valence-corrected chi connectivity index (χ4v) is 5.09. The van der Waals surface area contributed by atoms with Crippen LogP contribution < -0.4 is 16.8 Å². The molecule has 42 heavy (non-hydrogen) atoms. The number of hydrogen-bond donors (Lipinski definition) is 9. The molecule has 0 amide bonds. The lowest BCUT2D eigenvalue weighted by atomic mass is 10.1. The summed E-state index contributed by atoms with van der Waals surface area (Å²) in [4.78, 5) is 14.3. The van der Waals surface area contributed by atoms with Gasteiger partial charge in [-0.2, -0.15) is 15.0 Å². The van der Waals surface area contributed by atoms with Gasteiger partial charge in [-0.05, 0) is 65.5 Å². The Kier molecular flexibility index (Phi) is 8.91. The van der Waals surface area contributed by atoms with E-state index in [1.54, 1.807) is 48.5 Å². The Balaban J connectivity index is 1.52. The van der Waals surface area contributed by atoms with Crippen molar-refractivity contribution in [2.45, 2.75) is 24.5 Å². The van der Waals surface area contributed by atoms with E-state index < -0.39 is 0 Å². The molecule has 5 aromatic rings. The van der Waals surface area contributed by atoms with Crippen molar-refractivity contribution in [3.05, 3.63) is 53.8 Å². The smallest absolute Gasteiger partial charge is 0.233 e. The van der Waals surface area contributed by atoms with Crippen molar-refractivity contribution in [3.63, 3.8) is 0 Å². The van der Waals surface area contributed by atoms with Crippen LogP contribution in [0, 0.1) is 0 Å². The van der Waals surface area contributed by atoms with Crippen LogP contribution in [0.15, 0.2) is 93.5 Å². The van der Waals surface area contributed by atoms with E-state index in [4.69, 9.17) is 23.1 Å². The maximum absolute atomic E-state index is 11.3. The molecular formula is C25H19ClN10OS5. The Morgan fingerprint density at radius 3 is 2.02 bits per heavy atom. The number of aromatic hydroxyl groups is 1. The molecule has 0 saturated heterocycles. The number of anilines is 4. The molecule has 0 spiro atoms. The fourth-order valence-electron chi connectivity index (χ4n) is 3.77. The Morgan fingerprint density at radius 1 is 0.714 bits per heavy atom. The molecule has 0 aliphatic carbocycles. The van der Waals surface area contributed by atoms with E-state index in [1.807, 2.05) is 0 Å². The van der Waals surface area contributed by atoms with Gasteiger partial charge in [0.05, 0.1) is 11.1 Å². The number of nitrogen functional groups attached to an aromatic ring is 2. The molecule has 0 radical (unpaired) electrons. The zero-order valence-electron chi connectivity index (χ0n) is 21.0. The first-order valence-electron chi connectivity index (χ1n) is 11.6. The Hall–Kier alpha value is -3.41. The predicted octanol–water partition coefficient (Wildman–Crippen LogP) is 8.57. The van der Waals surface area contributed by atoms with Crippen molar-refractivity contribution in [3.8, 4) is 5.75 Å². The number of benzene rings is 4. The van der Waals surface area contributed by atoms with Crippen molar-refractivity contribution < 1.29 is 5.11 Å². The van der Waals surface area contributed by atoms with E-state index in [0.29, 0.717) is 46.9 Å². The number of phenols is 1. The van der Waals surface area contributed by atoms with Crippen molar-refractivity contribution >= 4 is 132 Å². The van der Waals surface area contributed by atoms with Gasteiger partial charge >= 0.3 is 0 Å². The minimum Gasteiger partial charge on any atom is -0.505 e. The number of aromatic nitrogens is 3. The molecule has 11 nitrogen and oxygen atoms in total. The number of phenolic OH excluding ortho intramolecular Hbond substituents is 1. The summed E-state index contributed by atoms with van der Waals surface area (Å²) in [5, 5.41) is 32.1. The van der Waals surface area contributed by atoms with Gasteiger partial charge in [0.2, 0.25) is 17.2 Å². The molecule has 1 aromatic heterocycles. The van der Waals surface area contributed by atoms with Gasteiger partial charge in [-0.1, -0.05) is 0 Å². The first-order valence-corrected chi connectivity index (χ1v) is 14.2. The van der Waals surface area contributed by atoms with E-state index in [0.717, 1.165) is 0 Å². The second-order valence-electron chi connectivity index (χ2n) is 8.54. The topological polar surface area (TPSA) is 172 Å². The quantitative estimate of drug-likeness (QED) is 0.0494. The van der Waals surface area contributed by atoms with Crippen LogP contribution in [0.25, 0.3) is 10.8 Å². The van der Waals surface area contributed by atoms with Crippen LogP contribution in [0.2, 0.25) is 5.28 Å². The summed E-state index contributed by atoms with van der Waals surface area (Å²) in [5.41, 5.74) is 14.0. The first kappa shape index (κ1) is 30.1. The van der Waals surface area contributed by atoms with Gasteiger partial charge in [0, 0.05) is 30.2 Å². The Bertz CT molecular complexity index is 1920. The molecule has 4 aromatic carbocycles. The van der Waals surface area contributed by atoms with Crippen LogP contribution in [0.1, 0.15) is 0 Å². The summed E-state index contributed by atoms with van der Waals surface area (Å²) in [5.74, 6) is -0.146. The highest BCUT2D eigenvalue weighted by Gasteiger charge is 2.18. The SMILES string of the molecule is Nc1nc(Cl)nc(Nc2ccc(S)c(N=Nc3c(S)cc4cc(S)c(N=Nc5cc(S)ccc5S)c(N)c4c3O)c2)n1. The fraction of sp³-hybridized carbons (Fsp3) is 0. The summed E-state index contributed by atoms with van der Waals surface area (Å²) >= 11 is 28.1. The van der Waals surface area contributed by atoms with Gasteiger partial charge in [-0.3, -0.25) is 0 Å². The molecule has 0 atom stereocenters. The molecule has 0 fully saturated rings. The first-order chi connectivity index (χ1) is 20.0. The van der Waals surface area contributed by atoms with Crippen molar-refractivity contribution in [1.82, 2.24) is 15.0 Å². The summed E-state index contributed by atoms with van der Waals surface area (Å²) < 4.78 is 0. The second-order valence-corrected chi connectivity index (χ2v) is 11.3. The molecule has 17 heteroatoms. The number of nitrogens with zero attached hydrogens (tertiary/aromatic N) is 7. The third kappa shape index (κ3) is 6.48. The number of nitrogens with two attached hydrogens (primary N) is 2. The van der Waals surface area contributed by atoms with Gasteiger partial charge in [0.25, 0.3) is 0 Å². The van der Waals surface area contributed by atoms with Gasteiger partial charge in [-0.25, -0.2) is 0 Å². The third-order valence-corrected chi connectivity index (χ3v) is 7.56. The number of hydrogen-bond acceptors (Lipinski definition) is 16. The number of nitrogens with one attached hydrogen (secondary N) is 1.